The van der Waals surface area contributed by atoms with Gasteiger partial charge in [-0.15, -0.1) is 0 Å². The van der Waals surface area contributed by atoms with Gasteiger partial charge in [0.25, 0.3) is 13.4 Å². The first-order valence-corrected chi connectivity index (χ1v) is 16.7. The summed E-state index contributed by atoms with van der Waals surface area (Å²) in [6.07, 6.45) is 0. The third-order valence-electron chi connectivity index (χ3n) is 11.4. The zero-order chi connectivity index (χ0) is 30.8. The second-order valence-electron chi connectivity index (χ2n) is 13.5. The van der Waals surface area contributed by atoms with Gasteiger partial charge in [0.05, 0.1) is 22.1 Å². The first kappa shape index (κ1) is 24.1. The molecule has 4 aliphatic heterocycles. The summed E-state index contributed by atoms with van der Waals surface area (Å²) < 4.78 is 18.4. The van der Waals surface area contributed by atoms with Gasteiger partial charge in [0.1, 0.15) is 23.0 Å². The molecule has 218 valence electrons. The van der Waals surface area contributed by atoms with Crippen LogP contribution in [0.1, 0.15) is 0 Å². The topological polar surface area (TPSA) is 28.3 Å². The molecular weight excluding hydrogens is 586 g/mol. The molecule has 0 amide bonds. The van der Waals surface area contributed by atoms with E-state index in [1.165, 1.54) is 87.8 Å². The van der Waals surface area contributed by atoms with Gasteiger partial charge in [-0.3, -0.25) is 0 Å². The Hall–Kier alpha value is -6.13. The molecule has 0 saturated carbocycles. The van der Waals surface area contributed by atoms with Gasteiger partial charge in [-0.2, -0.15) is 0 Å². The highest BCUT2D eigenvalue weighted by atomic mass is 16.5. The largest absolute Gasteiger partial charge is 0.458 e. The van der Waals surface area contributed by atoms with E-state index >= 15 is 0 Å². The summed E-state index contributed by atoms with van der Waals surface area (Å²) in [4.78, 5) is 0. The molecule has 4 nitrogen and oxygen atoms in total. The maximum absolute atomic E-state index is 6.65. The second kappa shape index (κ2) is 8.04. The first-order chi connectivity index (χ1) is 23.8. The number of ether oxygens (including phenoxy) is 2. The van der Waals surface area contributed by atoms with Crippen molar-refractivity contribution in [2.45, 2.75) is 0 Å². The minimum Gasteiger partial charge on any atom is -0.458 e. The molecule has 0 saturated heterocycles. The van der Waals surface area contributed by atoms with Crippen LogP contribution < -0.4 is 42.3 Å². The fraction of sp³-hybridized carbons (Fsp3) is 0. The fourth-order valence-electron chi connectivity index (χ4n) is 9.69. The molecule has 6 heteroatoms. The highest BCUT2D eigenvalue weighted by molar-refractivity contribution is 7.00. The van der Waals surface area contributed by atoms with Crippen LogP contribution in [0.25, 0.3) is 55.0 Å². The fourth-order valence-corrected chi connectivity index (χ4v) is 9.69. The molecule has 0 N–H and O–H groups in total. The van der Waals surface area contributed by atoms with Crippen molar-refractivity contribution in [2.24, 2.45) is 0 Å². The normalized spacial score (nSPS) is 14.1. The lowest BCUT2D eigenvalue weighted by Gasteiger charge is -2.33. The van der Waals surface area contributed by atoms with E-state index in [1.54, 1.807) is 0 Å². The Balaban J connectivity index is 1.26. The van der Waals surface area contributed by atoms with Crippen molar-refractivity contribution in [1.82, 2.24) is 9.13 Å². The number of hydrogen-bond acceptors (Lipinski definition) is 2. The summed E-state index contributed by atoms with van der Waals surface area (Å²) in [6, 6.07) is 48.6. The van der Waals surface area contributed by atoms with Crippen molar-refractivity contribution in [3.63, 3.8) is 0 Å². The van der Waals surface area contributed by atoms with Crippen molar-refractivity contribution in [2.75, 3.05) is 0 Å². The van der Waals surface area contributed by atoms with Crippen LogP contribution in [0.5, 0.6) is 23.0 Å². The Bertz CT molecular complexity index is 2790. The number of aromatic nitrogens is 2. The molecule has 0 fully saturated rings. The minimum atomic E-state index is 0.104. The summed E-state index contributed by atoms with van der Waals surface area (Å²) in [6.45, 7) is 0.209. The molecule has 0 unspecified atom stereocenters. The standard InChI is InChI=1S/C42H22B2N2O2/c1-5-13-31-27(9-1)43-29-11-3-7-15-33(29)47-35-21-19-23-25-17-18-26-24-20-22-36-38-40(24)46(42(26)41(25)45(31)39(23)37(35)43)32-14-6-2-10-28(32)44(38)30-12-4-8-16-34(30)48-36/h1-22H. The van der Waals surface area contributed by atoms with E-state index < -0.39 is 0 Å². The molecule has 9 aromatic rings. The molecule has 7 aromatic carbocycles. The van der Waals surface area contributed by atoms with Crippen molar-refractivity contribution in [3.8, 4) is 34.4 Å². The lowest BCUT2D eigenvalue weighted by Crippen LogP contribution is -2.58. The molecule has 0 atom stereocenters. The van der Waals surface area contributed by atoms with Crippen molar-refractivity contribution < 1.29 is 9.47 Å². The smallest absolute Gasteiger partial charge is 0.256 e. The van der Waals surface area contributed by atoms with Crippen molar-refractivity contribution in [1.29, 1.82) is 0 Å². The molecule has 13 rings (SSSR count). The number of nitrogens with zero attached hydrogens (tertiary/aromatic N) is 2. The summed E-state index contributed by atoms with van der Waals surface area (Å²) in [5, 5.41) is 5.02. The van der Waals surface area contributed by atoms with Gasteiger partial charge >= 0.3 is 0 Å². The van der Waals surface area contributed by atoms with Crippen LogP contribution in [0.3, 0.4) is 0 Å². The monoisotopic (exact) mass is 608 g/mol. The van der Waals surface area contributed by atoms with E-state index in [-0.39, 0.29) is 13.4 Å². The first-order valence-electron chi connectivity index (χ1n) is 16.7. The van der Waals surface area contributed by atoms with Gasteiger partial charge in [0.2, 0.25) is 0 Å². The maximum Gasteiger partial charge on any atom is 0.256 e. The van der Waals surface area contributed by atoms with Crippen LogP contribution in [-0.4, -0.2) is 22.6 Å². The lowest BCUT2D eigenvalue weighted by molar-refractivity contribution is 0.487. The van der Waals surface area contributed by atoms with Gasteiger partial charge < -0.3 is 18.6 Å². The Kier molecular flexibility index (Phi) is 4.04. The quantitative estimate of drug-likeness (QED) is 0.205. The Labute approximate surface area is 275 Å². The van der Waals surface area contributed by atoms with Gasteiger partial charge in [-0.1, -0.05) is 84.9 Å². The predicted octanol–water partition coefficient (Wildman–Crippen LogP) is 5.75. The minimum absolute atomic E-state index is 0.104. The Morgan fingerprint density at radius 1 is 0.333 bits per heavy atom. The summed E-state index contributed by atoms with van der Waals surface area (Å²) in [5.74, 6) is 3.78. The van der Waals surface area contributed by atoms with Crippen LogP contribution >= 0.6 is 0 Å². The lowest BCUT2D eigenvalue weighted by atomic mass is 9.34. The third-order valence-corrected chi connectivity index (χ3v) is 11.4. The molecule has 6 heterocycles. The number of fused-ring (bicyclic) bond motifs is 17. The van der Waals surface area contributed by atoms with Crippen LogP contribution in [-0.2, 0) is 0 Å². The van der Waals surface area contributed by atoms with E-state index in [9.17, 15) is 0 Å². The molecule has 48 heavy (non-hydrogen) atoms. The molecule has 0 bridgehead atoms. The van der Waals surface area contributed by atoms with Gasteiger partial charge in [0.15, 0.2) is 0 Å². The molecular formula is C42H22B2N2O2. The number of hydrogen-bond donors (Lipinski definition) is 0. The number of rotatable bonds is 0. The number of para-hydroxylation sites is 4. The molecule has 0 aliphatic carbocycles. The highest BCUT2D eigenvalue weighted by Crippen LogP contribution is 2.45. The summed E-state index contributed by atoms with van der Waals surface area (Å²) >= 11 is 0. The van der Waals surface area contributed by atoms with Crippen LogP contribution in [0, 0.1) is 0 Å². The van der Waals surface area contributed by atoms with Crippen LogP contribution in [0.4, 0.5) is 0 Å². The Morgan fingerprint density at radius 2 is 0.708 bits per heavy atom. The third kappa shape index (κ3) is 2.58. The van der Waals surface area contributed by atoms with Crippen LogP contribution in [0.15, 0.2) is 133 Å². The van der Waals surface area contributed by atoms with E-state index in [0.717, 1.165) is 23.0 Å². The zero-order valence-corrected chi connectivity index (χ0v) is 25.6. The van der Waals surface area contributed by atoms with Crippen molar-refractivity contribution >= 4 is 89.8 Å². The average Bonchev–Trinajstić information content (AvgIpc) is 3.67. The van der Waals surface area contributed by atoms with E-state index in [1.807, 2.05) is 0 Å². The second-order valence-corrected chi connectivity index (χ2v) is 13.5. The predicted molar refractivity (Wildman–Crippen MR) is 197 cm³/mol. The number of benzene rings is 7. The van der Waals surface area contributed by atoms with Gasteiger partial charge in [-0.05, 0) is 81.3 Å². The van der Waals surface area contributed by atoms with Crippen molar-refractivity contribution in [3.05, 3.63) is 133 Å². The average molecular weight is 608 g/mol. The van der Waals surface area contributed by atoms with E-state index in [0.29, 0.717) is 0 Å². The SMILES string of the molecule is c1ccc2c(c1)Oc1ccc3c4ccc5c6ccc7c8c6n(c5c4n4c3c1B2c1ccccc1-4)-c1ccccc1B8c1ccccc1O7. The van der Waals surface area contributed by atoms with E-state index in [2.05, 4.69) is 143 Å². The molecule has 0 spiro atoms. The molecule has 2 aromatic heterocycles. The van der Waals surface area contributed by atoms with Gasteiger partial charge in [0, 0.05) is 32.9 Å². The summed E-state index contributed by atoms with van der Waals surface area (Å²) in [7, 11) is 0. The zero-order valence-electron chi connectivity index (χ0n) is 25.6. The molecule has 0 radical (unpaired) electrons. The highest BCUT2D eigenvalue weighted by Gasteiger charge is 2.43. The van der Waals surface area contributed by atoms with Crippen LogP contribution in [0.2, 0.25) is 0 Å². The Morgan fingerprint density at radius 3 is 1.19 bits per heavy atom. The van der Waals surface area contributed by atoms with E-state index in [4.69, 9.17) is 9.47 Å². The summed E-state index contributed by atoms with van der Waals surface area (Å²) in [5.41, 5.74) is 15.0. The maximum atomic E-state index is 6.65. The van der Waals surface area contributed by atoms with Gasteiger partial charge in [-0.25, -0.2) is 0 Å². The molecule has 4 aliphatic rings.